The van der Waals surface area contributed by atoms with Gasteiger partial charge in [0.2, 0.25) is 5.71 Å². The molecule has 1 aliphatic rings. The highest BCUT2D eigenvalue weighted by molar-refractivity contribution is 5.97. The molecule has 0 N–H and O–H groups in total. The van der Waals surface area contributed by atoms with Crippen LogP contribution < -0.4 is 4.74 Å². The highest BCUT2D eigenvalue weighted by atomic mass is 16.5. The highest BCUT2D eigenvalue weighted by Gasteiger charge is 2.24. The van der Waals surface area contributed by atoms with Gasteiger partial charge in [0.05, 0.1) is 19.9 Å². The molecule has 1 aromatic carbocycles. The Balaban J connectivity index is 1.73. The molecule has 24 heavy (non-hydrogen) atoms. The molecule has 0 radical (unpaired) electrons. The minimum absolute atomic E-state index is 0.0850. The predicted octanol–water partition coefficient (Wildman–Crippen LogP) is 3.53. The monoisotopic (exact) mass is 324 g/mol. The first-order chi connectivity index (χ1) is 11.8. The summed E-state index contributed by atoms with van der Waals surface area (Å²) in [5.74, 6) is 0.893. The summed E-state index contributed by atoms with van der Waals surface area (Å²) >= 11 is 0. The lowest BCUT2D eigenvalue weighted by Crippen LogP contribution is -2.29. The molecule has 3 aromatic rings. The van der Waals surface area contributed by atoms with Gasteiger partial charge in [-0.1, -0.05) is 12.1 Å². The number of hydrogen-bond acceptors (Lipinski definition) is 3. The maximum absolute atomic E-state index is 12.9. The van der Waals surface area contributed by atoms with Gasteiger partial charge in [0, 0.05) is 18.5 Å². The van der Waals surface area contributed by atoms with Crippen molar-refractivity contribution in [1.82, 2.24) is 9.47 Å². The fraction of sp³-hybridized carbons (Fsp3) is 0.316. The zero-order chi connectivity index (χ0) is 16.5. The van der Waals surface area contributed by atoms with Crippen LogP contribution in [0.25, 0.3) is 11.1 Å². The second-order valence-electron chi connectivity index (χ2n) is 6.15. The predicted molar refractivity (Wildman–Crippen MR) is 91.4 cm³/mol. The van der Waals surface area contributed by atoms with Crippen molar-refractivity contribution in [3.05, 3.63) is 53.9 Å². The lowest BCUT2D eigenvalue weighted by molar-refractivity contribution is 0.0782. The van der Waals surface area contributed by atoms with Crippen molar-refractivity contribution in [2.75, 3.05) is 20.2 Å². The molecule has 0 unspecified atom stereocenters. The summed E-state index contributed by atoms with van der Waals surface area (Å²) in [6.45, 7) is 2.25. The van der Waals surface area contributed by atoms with E-state index in [2.05, 4.69) is 0 Å². The Bertz CT molecular complexity index is 872. The van der Waals surface area contributed by atoms with Gasteiger partial charge in [0.1, 0.15) is 11.4 Å². The van der Waals surface area contributed by atoms with Gasteiger partial charge in [-0.15, -0.1) is 0 Å². The standard InChI is InChI=1S/C19H20N2O3/c1-23-16-6-4-5-14(11-16)13-21-17(12-15-7-10-24-19(15)21)18(22)20-8-2-3-9-20/h4-7,10-12H,2-3,8-9,13H2,1H3. The second kappa shape index (κ2) is 6.07. The Morgan fingerprint density at radius 1 is 1.21 bits per heavy atom. The summed E-state index contributed by atoms with van der Waals surface area (Å²) in [5, 5.41) is 0.959. The maximum Gasteiger partial charge on any atom is 0.270 e. The summed E-state index contributed by atoms with van der Waals surface area (Å²) < 4.78 is 12.9. The maximum atomic E-state index is 12.9. The number of furan rings is 1. The number of carbonyl (C=O) groups is 1. The summed E-state index contributed by atoms with van der Waals surface area (Å²) in [7, 11) is 1.65. The van der Waals surface area contributed by atoms with E-state index < -0.39 is 0 Å². The van der Waals surface area contributed by atoms with Crippen LogP contribution in [-0.4, -0.2) is 35.6 Å². The molecule has 2 aromatic heterocycles. The van der Waals surface area contributed by atoms with E-state index in [1.165, 1.54) is 0 Å². The molecule has 5 heteroatoms. The van der Waals surface area contributed by atoms with Crippen molar-refractivity contribution in [3.63, 3.8) is 0 Å². The number of methoxy groups -OCH3 is 1. The first-order valence-electron chi connectivity index (χ1n) is 8.25. The summed E-state index contributed by atoms with van der Waals surface area (Å²) in [6.07, 6.45) is 3.83. The van der Waals surface area contributed by atoms with Crippen LogP contribution in [0.4, 0.5) is 0 Å². The number of nitrogens with zero attached hydrogens (tertiary/aromatic N) is 2. The first kappa shape index (κ1) is 14.9. The molecule has 124 valence electrons. The van der Waals surface area contributed by atoms with Crippen molar-refractivity contribution < 1.29 is 13.9 Å². The number of rotatable bonds is 4. The molecule has 1 aliphatic heterocycles. The first-order valence-corrected chi connectivity index (χ1v) is 8.25. The molecular formula is C19H20N2O3. The highest BCUT2D eigenvalue weighted by Crippen LogP contribution is 2.25. The number of fused-ring (bicyclic) bond motifs is 1. The molecule has 0 spiro atoms. The van der Waals surface area contributed by atoms with E-state index in [1.54, 1.807) is 13.4 Å². The van der Waals surface area contributed by atoms with Gasteiger partial charge < -0.3 is 18.6 Å². The fourth-order valence-corrected chi connectivity index (χ4v) is 3.34. The van der Waals surface area contributed by atoms with Gasteiger partial charge in [-0.25, -0.2) is 0 Å². The lowest BCUT2D eigenvalue weighted by atomic mass is 10.2. The third kappa shape index (κ3) is 2.56. The molecule has 3 heterocycles. The van der Waals surface area contributed by atoms with Crippen LogP contribution in [-0.2, 0) is 6.54 Å². The average molecular weight is 324 g/mol. The van der Waals surface area contributed by atoms with Gasteiger partial charge in [-0.2, -0.15) is 0 Å². The largest absolute Gasteiger partial charge is 0.497 e. The van der Waals surface area contributed by atoms with Crippen molar-refractivity contribution in [2.24, 2.45) is 0 Å². The molecule has 1 fully saturated rings. The average Bonchev–Trinajstić information content (AvgIpc) is 3.33. The third-order valence-corrected chi connectivity index (χ3v) is 4.59. The Morgan fingerprint density at radius 3 is 2.83 bits per heavy atom. The van der Waals surface area contributed by atoms with Crippen LogP contribution in [0, 0.1) is 0 Å². The Kier molecular flexibility index (Phi) is 3.76. The normalized spacial score (nSPS) is 14.5. The molecule has 4 rings (SSSR count). The number of aromatic nitrogens is 1. The molecule has 0 atom stereocenters. The van der Waals surface area contributed by atoms with Crippen molar-refractivity contribution in [1.29, 1.82) is 0 Å². The summed E-state index contributed by atoms with van der Waals surface area (Å²) in [5.41, 5.74) is 2.49. The number of benzene rings is 1. The van der Waals surface area contributed by atoms with E-state index in [1.807, 2.05) is 45.9 Å². The number of hydrogen-bond donors (Lipinski definition) is 0. The molecular weight excluding hydrogens is 304 g/mol. The minimum Gasteiger partial charge on any atom is -0.497 e. The van der Waals surface area contributed by atoms with E-state index in [0.717, 1.165) is 48.3 Å². The van der Waals surface area contributed by atoms with Gasteiger partial charge >= 0.3 is 0 Å². The van der Waals surface area contributed by atoms with E-state index in [4.69, 9.17) is 9.15 Å². The molecule has 1 saturated heterocycles. The van der Waals surface area contributed by atoms with Crippen LogP contribution in [0.5, 0.6) is 5.75 Å². The quantitative estimate of drug-likeness (QED) is 0.737. The van der Waals surface area contributed by atoms with Crippen molar-refractivity contribution in [2.45, 2.75) is 19.4 Å². The van der Waals surface area contributed by atoms with Crippen LogP contribution in [0.1, 0.15) is 28.9 Å². The zero-order valence-corrected chi connectivity index (χ0v) is 13.7. The van der Waals surface area contributed by atoms with Crippen LogP contribution >= 0.6 is 0 Å². The van der Waals surface area contributed by atoms with Gasteiger partial charge in [-0.3, -0.25) is 4.79 Å². The van der Waals surface area contributed by atoms with Crippen LogP contribution in [0.15, 0.2) is 47.1 Å². The van der Waals surface area contributed by atoms with Gasteiger partial charge in [0.15, 0.2) is 0 Å². The summed E-state index contributed by atoms with van der Waals surface area (Å²) in [6, 6.07) is 11.7. The Hall–Kier alpha value is -2.69. The van der Waals surface area contributed by atoms with E-state index >= 15 is 0 Å². The molecule has 1 amide bonds. The van der Waals surface area contributed by atoms with E-state index in [9.17, 15) is 4.79 Å². The minimum atomic E-state index is 0.0850. The Morgan fingerprint density at radius 2 is 2.04 bits per heavy atom. The Labute approximate surface area is 140 Å². The number of ether oxygens (including phenoxy) is 1. The number of carbonyl (C=O) groups excluding carboxylic acids is 1. The number of amides is 1. The summed E-state index contributed by atoms with van der Waals surface area (Å²) in [4.78, 5) is 14.8. The number of likely N-dealkylation sites (tertiary alicyclic amines) is 1. The molecule has 0 aliphatic carbocycles. The van der Waals surface area contributed by atoms with Crippen molar-refractivity contribution in [3.8, 4) is 5.75 Å². The molecule has 0 bridgehead atoms. The fourth-order valence-electron chi connectivity index (χ4n) is 3.34. The second-order valence-corrected chi connectivity index (χ2v) is 6.15. The van der Waals surface area contributed by atoms with E-state index in [0.29, 0.717) is 12.2 Å². The SMILES string of the molecule is COc1cccc(Cn2c(C(=O)N3CCCC3)cc3ccoc32)c1. The van der Waals surface area contributed by atoms with Crippen molar-refractivity contribution >= 4 is 17.0 Å². The zero-order valence-electron chi connectivity index (χ0n) is 13.7. The van der Waals surface area contributed by atoms with Crippen LogP contribution in [0.2, 0.25) is 0 Å². The molecule has 0 saturated carbocycles. The van der Waals surface area contributed by atoms with Gasteiger partial charge in [-0.05, 0) is 42.7 Å². The lowest BCUT2D eigenvalue weighted by Gasteiger charge is -2.17. The smallest absolute Gasteiger partial charge is 0.270 e. The van der Waals surface area contributed by atoms with Gasteiger partial charge in [0.25, 0.3) is 5.91 Å². The van der Waals surface area contributed by atoms with E-state index in [-0.39, 0.29) is 5.91 Å². The van der Waals surface area contributed by atoms with Crippen LogP contribution in [0.3, 0.4) is 0 Å². The molecule has 5 nitrogen and oxygen atoms in total. The third-order valence-electron chi connectivity index (χ3n) is 4.59. The topological polar surface area (TPSA) is 47.6 Å².